The number of nitrogens with zero attached hydrogens (tertiary/aromatic N) is 2. The molecule has 2 aromatic carbocycles. The fourth-order valence-corrected chi connectivity index (χ4v) is 3.41. The van der Waals surface area contributed by atoms with Gasteiger partial charge in [0.15, 0.2) is 0 Å². The molecule has 0 bridgehead atoms. The average Bonchev–Trinajstić information content (AvgIpc) is 2.77. The zero-order valence-electron chi connectivity index (χ0n) is 19.1. The van der Waals surface area contributed by atoms with Crippen molar-refractivity contribution < 1.29 is 13.9 Å². The van der Waals surface area contributed by atoms with Crippen molar-refractivity contribution >= 4 is 17.5 Å². The standard InChI is InChI=1S/C26H30FN3O2/c1-18(23(28)19-14-16-30(17-15-19)25(31)32-26(2,3)4)24(21-12-8-9-13-22(21)27)29-20-10-6-5-7-11-20/h5-14H,15-17,28H2,1-4H3/b23-18-,29-24?. The van der Waals surface area contributed by atoms with E-state index in [2.05, 4.69) is 0 Å². The SMILES string of the molecule is C/C(C(=Nc1ccccc1)c1ccccc1F)=C(/N)C1=CCN(C(=O)OC(C)(C)C)CC1. The summed E-state index contributed by atoms with van der Waals surface area (Å²) in [5, 5.41) is 0. The minimum absolute atomic E-state index is 0.343. The smallest absolute Gasteiger partial charge is 0.410 e. The Kier molecular flexibility index (Phi) is 7.13. The fourth-order valence-electron chi connectivity index (χ4n) is 3.41. The first-order valence-electron chi connectivity index (χ1n) is 10.7. The van der Waals surface area contributed by atoms with Gasteiger partial charge in [-0.05, 0) is 69.5 Å². The average molecular weight is 436 g/mol. The summed E-state index contributed by atoms with van der Waals surface area (Å²) in [4.78, 5) is 18.7. The molecule has 1 heterocycles. The van der Waals surface area contributed by atoms with E-state index in [1.165, 1.54) is 6.07 Å². The Labute approximate surface area is 189 Å². The van der Waals surface area contributed by atoms with Crippen LogP contribution in [0.25, 0.3) is 0 Å². The number of aliphatic imine (C=N–C) groups is 1. The van der Waals surface area contributed by atoms with Crippen LogP contribution in [0.3, 0.4) is 0 Å². The van der Waals surface area contributed by atoms with E-state index < -0.39 is 5.60 Å². The predicted octanol–water partition coefficient (Wildman–Crippen LogP) is 5.75. The minimum Gasteiger partial charge on any atom is -0.444 e. The molecule has 0 radical (unpaired) electrons. The summed E-state index contributed by atoms with van der Waals surface area (Å²) in [5.74, 6) is -0.358. The molecule has 0 saturated heterocycles. The number of allylic oxidation sites excluding steroid dienone is 2. The van der Waals surface area contributed by atoms with Crippen LogP contribution in [0, 0.1) is 5.82 Å². The number of ether oxygens (including phenoxy) is 1. The second-order valence-electron chi connectivity index (χ2n) is 8.72. The highest BCUT2D eigenvalue weighted by Gasteiger charge is 2.25. The zero-order chi connectivity index (χ0) is 23.3. The maximum absolute atomic E-state index is 14.7. The number of amides is 1. The van der Waals surface area contributed by atoms with E-state index in [1.807, 2.05) is 64.1 Å². The Balaban J connectivity index is 1.93. The first kappa shape index (κ1) is 23.3. The lowest BCUT2D eigenvalue weighted by molar-refractivity contribution is 0.0266. The van der Waals surface area contributed by atoms with E-state index in [9.17, 15) is 9.18 Å². The molecule has 2 aromatic rings. The lowest BCUT2D eigenvalue weighted by Crippen LogP contribution is -2.39. The number of para-hydroxylation sites is 1. The monoisotopic (exact) mass is 435 g/mol. The summed E-state index contributed by atoms with van der Waals surface area (Å²) in [6, 6.07) is 15.9. The Hall–Kier alpha value is -3.41. The molecule has 0 aromatic heterocycles. The topological polar surface area (TPSA) is 67.9 Å². The van der Waals surface area contributed by atoms with E-state index in [-0.39, 0.29) is 11.9 Å². The summed E-state index contributed by atoms with van der Waals surface area (Å²) in [6.07, 6.45) is 2.16. The van der Waals surface area contributed by atoms with Gasteiger partial charge in [0, 0.05) is 24.4 Å². The molecule has 32 heavy (non-hydrogen) atoms. The van der Waals surface area contributed by atoms with E-state index in [4.69, 9.17) is 15.5 Å². The Bertz CT molecular complexity index is 1070. The van der Waals surface area contributed by atoms with Crippen LogP contribution >= 0.6 is 0 Å². The van der Waals surface area contributed by atoms with Gasteiger partial charge in [-0.1, -0.05) is 36.4 Å². The van der Waals surface area contributed by atoms with Gasteiger partial charge in [0.25, 0.3) is 0 Å². The van der Waals surface area contributed by atoms with Gasteiger partial charge in [-0.3, -0.25) is 0 Å². The van der Waals surface area contributed by atoms with Gasteiger partial charge in [-0.15, -0.1) is 0 Å². The summed E-state index contributed by atoms with van der Waals surface area (Å²) in [6.45, 7) is 8.29. The molecule has 0 atom stereocenters. The Morgan fingerprint density at radius 3 is 2.34 bits per heavy atom. The van der Waals surface area contributed by atoms with Gasteiger partial charge in [-0.25, -0.2) is 14.2 Å². The van der Waals surface area contributed by atoms with Crippen molar-refractivity contribution in [3.8, 4) is 0 Å². The molecular formula is C26H30FN3O2. The van der Waals surface area contributed by atoms with Crippen molar-refractivity contribution in [3.63, 3.8) is 0 Å². The van der Waals surface area contributed by atoms with Gasteiger partial charge >= 0.3 is 6.09 Å². The lowest BCUT2D eigenvalue weighted by Gasteiger charge is -2.30. The van der Waals surface area contributed by atoms with Crippen molar-refractivity contribution in [1.29, 1.82) is 0 Å². The molecule has 0 saturated carbocycles. The van der Waals surface area contributed by atoms with Crippen LogP contribution in [0.4, 0.5) is 14.9 Å². The molecule has 5 nitrogen and oxygen atoms in total. The van der Waals surface area contributed by atoms with Gasteiger partial charge in [0.1, 0.15) is 11.4 Å². The predicted molar refractivity (Wildman–Crippen MR) is 126 cm³/mol. The number of nitrogens with two attached hydrogens (primary N) is 1. The van der Waals surface area contributed by atoms with Crippen LogP contribution in [0.15, 0.2) is 82.5 Å². The van der Waals surface area contributed by atoms with Crippen molar-refractivity contribution in [1.82, 2.24) is 4.90 Å². The number of carbonyl (C=O) groups is 1. The van der Waals surface area contributed by atoms with E-state index in [1.54, 1.807) is 23.1 Å². The number of rotatable bonds is 4. The third-order valence-corrected chi connectivity index (χ3v) is 5.09. The van der Waals surface area contributed by atoms with Gasteiger partial charge in [0.2, 0.25) is 0 Å². The molecule has 0 aliphatic carbocycles. The maximum atomic E-state index is 14.7. The number of hydrogen-bond acceptors (Lipinski definition) is 4. The molecule has 2 N–H and O–H groups in total. The molecule has 168 valence electrons. The summed E-state index contributed by atoms with van der Waals surface area (Å²) >= 11 is 0. The lowest BCUT2D eigenvalue weighted by atomic mass is 9.95. The van der Waals surface area contributed by atoms with Crippen LogP contribution in [0.2, 0.25) is 0 Å². The highest BCUT2D eigenvalue weighted by molar-refractivity contribution is 6.14. The third kappa shape index (κ3) is 5.84. The van der Waals surface area contributed by atoms with Gasteiger partial charge in [0.05, 0.1) is 11.4 Å². The summed E-state index contributed by atoms with van der Waals surface area (Å²) in [7, 11) is 0. The Morgan fingerprint density at radius 2 is 1.75 bits per heavy atom. The van der Waals surface area contributed by atoms with Crippen molar-refractivity contribution in [3.05, 3.63) is 88.9 Å². The largest absolute Gasteiger partial charge is 0.444 e. The fraction of sp³-hybridized carbons (Fsp3) is 0.308. The third-order valence-electron chi connectivity index (χ3n) is 5.09. The summed E-state index contributed by atoms with van der Waals surface area (Å²) < 4.78 is 20.1. The molecular weight excluding hydrogens is 405 g/mol. The van der Waals surface area contributed by atoms with Crippen LogP contribution in [0.5, 0.6) is 0 Å². The van der Waals surface area contributed by atoms with E-state index in [0.29, 0.717) is 47.7 Å². The highest BCUT2D eigenvalue weighted by Crippen LogP contribution is 2.25. The quantitative estimate of drug-likeness (QED) is 0.622. The molecule has 3 rings (SSSR count). The van der Waals surface area contributed by atoms with Gasteiger partial charge in [-0.2, -0.15) is 0 Å². The van der Waals surface area contributed by atoms with Crippen LogP contribution < -0.4 is 5.73 Å². The summed E-state index contributed by atoms with van der Waals surface area (Å²) in [5.41, 5.74) is 9.74. The number of halogens is 1. The van der Waals surface area contributed by atoms with Crippen molar-refractivity contribution in [2.75, 3.05) is 13.1 Å². The van der Waals surface area contributed by atoms with Crippen molar-refractivity contribution in [2.24, 2.45) is 10.7 Å². The molecule has 1 amide bonds. The van der Waals surface area contributed by atoms with E-state index >= 15 is 0 Å². The first-order valence-corrected chi connectivity index (χ1v) is 10.7. The second-order valence-corrected chi connectivity index (χ2v) is 8.72. The molecule has 6 heteroatoms. The van der Waals surface area contributed by atoms with E-state index in [0.717, 1.165) is 5.57 Å². The highest BCUT2D eigenvalue weighted by atomic mass is 19.1. The molecule has 0 unspecified atom stereocenters. The normalized spacial score (nSPS) is 15.7. The van der Waals surface area contributed by atoms with Crippen LogP contribution in [-0.4, -0.2) is 35.4 Å². The maximum Gasteiger partial charge on any atom is 0.410 e. The van der Waals surface area contributed by atoms with Crippen LogP contribution in [-0.2, 0) is 4.74 Å². The number of hydrogen-bond donors (Lipinski definition) is 1. The molecule has 1 aliphatic rings. The van der Waals surface area contributed by atoms with Crippen molar-refractivity contribution in [2.45, 2.75) is 39.7 Å². The van der Waals surface area contributed by atoms with Crippen LogP contribution in [0.1, 0.15) is 39.7 Å². The molecule has 0 fully saturated rings. The van der Waals surface area contributed by atoms with Gasteiger partial charge < -0.3 is 15.4 Å². The molecule has 0 spiro atoms. The number of carbonyl (C=O) groups excluding carboxylic acids is 1. The Morgan fingerprint density at radius 1 is 1.09 bits per heavy atom. The zero-order valence-corrected chi connectivity index (χ0v) is 19.1. The first-order chi connectivity index (χ1) is 15.2. The second kappa shape index (κ2) is 9.81. The number of benzene rings is 2. The minimum atomic E-state index is -0.543. The molecule has 1 aliphatic heterocycles.